The third kappa shape index (κ3) is 5.34. The first-order valence-corrected chi connectivity index (χ1v) is 9.48. The molecular weight excluding hydrogens is 348 g/mol. The third-order valence-electron chi connectivity index (χ3n) is 3.74. The average Bonchev–Trinajstić information content (AvgIpc) is 3.16. The Morgan fingerprint density at radius 2 is 2.00 bits per heavy atom. The van der Waals surface area contributed by atoms with Crippen molar-refractivity contribution < 1.29 is 0 Å². The van der Waals surface area contributed by atoms with Crippen LogP contribution in [0.2, 0.25) is 0 Å². The van der Waals surface area contributed by atoms with Crippen molar-refractivity contribution in [1.82, 2.24) is 15.3 Å². The summed E-state index contributed by atoms with van der Waals surface area (Å²) in [6, 6.07) is 16.7. The fourth-order valence-electron chi connectivity index (χ4n) is 2.44. The maximum Gasteiger partial charge on any atom is 0.229 e. The molecule has 0 spiro atoms. The molecule has 2 N–H and O–H groups in total. The second-order valence-corrected chi connectivity index (χ2v) is 7.12. The number of aromatic nitrogens is 2. The molecule has 3 aromatic rings. The highest BCUT2D eigenvalue weighted by Crippen LogP contribution is 2.22. The summed E-state index contributed by atoms with van der Waals surface area (Å²) in [4.78, 5) is 9.87. The predicted molar refractivity (Wildman–Crippen MR) is 109 cm³/mol. The van der Waals surface area contributed by atoms with Crippen LogP contribution in [0.15, 0.2) is 60.1 Å². The number of rotatable bonds is 6. The lowest BCUT2D eigenvalue weighted by atomic mass is 10.1. The number of hydrogen-bond donors (Lipinski definition) is 2. The summed E-state index contributed by atoms with van der Waals surface area (Å²) in [6.07, 6.45) is 3.76. The second kappa shape index (κ2) is 8.69. The highest BCUT2D eigenvalue weighted by Gasteiger charge is 2.08. The Kier molecular flexibility index (Phi) is 6.09. The zero-order valence-electron chi connectivity index (χ0n) is 14.0. The first-order valence-electron chi connectivity index (χ1n) is 8.19. The maximum atomic E-state index is 5.39. The molecule has 0 fully saturated rings. The molecule has 0 aliphatic heterocycles. The zero-order valence-corrected chi connectivity index (χ0v) is 15.6. The molecule has 0 aliphatic rings. The lowest BCUT2D eigenvalue weighted by Crippen LogP contribution is -2.36. The summed E-state index contributed by atoms with van der Waals surface area (Å²) in [5, 5.41) is 8.95. The van der Waals surface area contributed by atoms with Gasteiger partial charge in [0.1, 0.15) is 0 Å². The van der Waals surface area contributed by atoms with E-state index in [0.717, 1.165) is 23.4 Å². The van der Waals surface area contributed by atoms with Gasteiger partial charge in [-0.25, -0.2) is 9.97 Å². The second-order valence-electron chi connectivity index (χ2n) is 5.77. The molecule has 0 saturated carbocycles. The standard InChI is InChI=1S/C19H20N4S2/c1-14(9-10-15-6-3-2-4-7-15)21-19(24)23-18-20-12-11-16(22-18)17-8-5-13-25-17/h2-8,11-14H,9-10H2,1H3,(H2,20,21,22,23,24)/t14-/m0/s1. The molecular formula is C19H20N4S2. The van der Waals surface area contributed by atoms with E-state index in [2.05, 4.69) is 51.8 Å². The molecule has 2 aromatic heterocycles. The molecule has 3 rings (SSSR count). The summed E-state index contributed by atoms with van der Waals surface area (Å²) in [6.45, 7) is 2.12. The summed E-state index contributed by atoms with van der Waals surface area (Å²) in [5.74, 6) is 0.513. The van der Waals surface area contributed by atoms with E-state index in [1.54, 1.807) is 17.5 Å². The molecule has 0 radical (unpaired) electrons. The highest BCUT2D eigenvalue weighted by atomic mass is 32.1. The van der Waals surface area contributed by atoms with Crippen molar-refractivity contribution in [2.75, 3.05) is 5.32 Å². The quantitative estimate of drug-likeness (QED) is 0.627. The van der Waals surface area contributed by atoms with Crippen LogP contribution >= 0.6 is 23.6 Å². The Bertz CT molecular complexity index is 803. The number of hydrogen-bond acceptors (Lipinski definition) is 4. The first kappa shape index (κ1) is 17.5. The van der Waals surface area contributed by atoms with E-state index in [1.165, 1.54) is 5.56 Å². The van der Waals surface area contributed by atoms with E-state index in [0.29, 0.717) is 11.1 Å². The molecule has 128 valence electrons. The molecule has 1 atom stereocenters. The van der Waals surface area contributed by atoms with Crippen molar-refractivity contribution in [2.45, 2.75) is 25.8 Å². The van der Waals surface area contributed by atoms with Crippen molar-refractivity contribution in [3.63, 3.8) is 0 Å². The van der Waals surface area contributed by atoms with Crippen molar-refractivity contribution in [3.8, 4) is 10.6 Å². The predicted octanol–water partition coefficient (Wildman–Crippen LogP) is 4.51. The van der Waals surface area contributed by atoms with Crippen LogP contribution in [-0.2, 0) is 6.42 Å². The van der Waals surface area contributed by atoms with Crippen LogP contribution in [0.1, 0.15) is 18.9 Å². The van der Waals surface area contributed by atoms with Gasteiger partial charge >= 0.3 is 0 Å². The largest absolute Gasteiger partial charge is 0.360 e. The highest BCUT2D eigenvalue weighted by molar-refractivity contribution is 7.80. The van der Waals surface area contributed by atoms with Gasteiger partial charge in [-0.1, -0.05) is 36.4 Å². The molecule has 0 amide bonds. The smallest absolute Gasteiger partial charge is 0.229 e. The fraction of sp³-hybridized carbons (Fsp3) is 0.211. The minimum atomic E-state index is 0.265. The molecule has 6 heteroatoms. The Hall–Kier alpha value is -2.31. The number of aryl methyl sites for hydroxylation is 1. The Morgan fingerprint density at radius 3 is 2.76 bits per heavy atom. The summed E-state index contributed by atoms with van der Waals surface area (Å²) in [7, 11) is 0. The van der Waals surface area contributed by atoms with E-state index >= 15 is 0 Å². The molecule has 25 heavy (non-hydrogen) atoms. The Balaban J connectivity index is 1.51. The Labute approximate surface area is 157 Å². The zero-order chi connectivity index (χ0) is 17.5. The van der Waals surface area contributed by atoms with Crippen LogP contribution in [0.3, 0.4) is 0 Å². The number of thiophene rings is 1. The minimum absolute atomic E-state index is 0.265. The molecule has 1 aromatic carbocycles. The number of benzene rings is 1. The molecule has 0 unspecified atom stereocenters. The van der Waals surface area contributed by atoms with Gasteiger partial charge in [0.05, 0.1) is 10.6 Å². The summed E-state index contributed by atoms with van der Waals surface area (Å²) >= 11 is 7.04. The summed E-state index contributed by atoms with van der Waals surface area (Å²) in [5.41, 5.74) is 2.23. The monoisotopic (exact) mass is 368 g/mol. The molecule has 0 saturated heterocycles. The van der Waals surface area contributed by atoms with Crippen molar-refractivity contribution in [1.29, 1.82) is 0 Å². The van der Waals surface area contributed by atoms with Gasteiger partial charge in [-0.2, -0.15) is 0 Å². The SMILES string of the molecule is C[C@@H](CCc1ccccc1)NC(=S)Nc1nccc(-c2cccs2)n1. The van der Waals surface area contributed by atoms with Gasteiger partial charge in [-0.3, -0.25) is 0 Å². The van der Waals surface area contributed by atoms with Crippen LogP contribution in [0.4, 0.5) is 5.95 Å². The van der Waals surface area contributed by atoms with E-state index in [4.69, 9.17) is 12.2 Å². The average molecular weight is 369 g/mol. The van der Waals surface area contributed by atoms with Crippen molar-refractivity contribution in [3.05, 3.63) is 65.7 Å². The normalized spacial score (nSPS) is 11.7. The van der Waals surface area contributed by atoms with Gasteiger partial charge < -0.3 is 10.6 Å². The van der Waals surface area contributed by atoms with Gasteiger partial charge in [0.2, 0.25) is 5.95 Å². The molecule has 0 bridgehead atoms. The minimum Gasteiger partial charge on any atom is -0.360 e. The van der Waals surface area contributed by atoms with Gasteiger partial charge in [0.25, 0.3) is 0 Å². The molecule has 0 aliphatic carbocycles. The van der Waals surface area contributed by atoms with Crippen LogP contribution in [0, 0.1) is 0 Å². The van der Waals surface area contributed by atoms with Gasteiger partial charge in [-0.05, 0) is 55.1 Å². The number of nitrogens with zero attached hydrogens (tertiary/aromatic N) is 2. The van der Waals surface area contributed by atoms with Crippen LogP contribution in [-0.4, -0.2) is 21.1 Å². The first-order chi connectivity index (χ1) is 12.2. The van der Waals surface area contributed by atoms with Crippen molar-refractivity contribution in [2.24, 2.45) is 0 Å². The van der Waals surface area contributed by atoms with Gasteiger partial charge in [0, 0.05) is 12.2 Å². The van der Waals surface area contributed by atoms with Crippen LogP contribution in [0.25, 0.3) is 10.6 Å². The molecule has 4 nitrogen and oxygen atoms in total. The fourth-order valence-corrected chi connectivity index (χ4v) is 3.43. The lowest BCUT2D eigenvalue weighted by molar-refractivity contribution is 0.609. The van der Waals surface area contributed by atoms with Gasteiger partial charge in [0.15, 0.2) is 5.11 Å². The third-order valence-corrected chi connectivity index (χ3v) is 4.85. The van der Waals surface area contributed by atoms with Crippen molar-refractivity contribution >= 4 is 34.6 Å². The van der Waals surface area contributed by atoms with E-state index in [-0.39, 0.29) is 6.04 Å². The molecule has 2 heterocycles. The number of nitrogens with one attached hydrogen (secondary N) is 2. The van der Waals surface area contributed by atoms with E-state index < -0.39 is 0 Å². The summed E-state index contributed by atoms with van der Waals surface area (Å²) < 4.78 is 0. The Morgan fingerprint density at radius 1 is 1.16 bits per heavy atom. The lowest BCUT2D eigenvalue weighted by Gasteiger charge is -2.16. The number of anilines is 1. The van der Waals surface area contributed by atoms with Crippen LogP contribution < -0.4 is 10.6 Å². The van der Waals surface area contributed by atoms with Gasteiger partial charge in [-0.15, -0.1) is 11.3 Å². The van der Waals surface area contributed by atoms with Crippen LogP contribution in [0.5, 0.6) is 0 Å². The number of thiocarbonyl (C=S) groups is 1. The topological polar surface area (TPSA) is 49.8 Å². The van der Waals surface area contributed by atoms with E-state index in [1.807, 2.05) is 29.6 Å². The van der Waals surface area contributed by atoms with E-state index in [9.17, 15) is 0 Å². The maximum absolute atomic E-state index is 5.39.